The third-order valence-corrected chi connectivity index (χ3v) is 0.400. The molecule has 7 heavy (non-hydrogen) atoms. The van der Waals surface area contributed by atoms with E-state index in [1.165, 1.54) is 19.0 Å². The molecule has 3 nitrogen and oxygen atoms in total. The van der Waals surface area contributed by atoms with E-state index < -0.39 is 0 Å². The van der Waals surface area contributed by atoms with Crippen LogP contribution in [0.1, 0.15) is 0 Å². The number of nitrogens with zero attached hydrogens (tertiary/aromatic N) is 3. The summed E-state index contributed by atoms with van der Waals surface area (Å²) in [6.07, 6.45) is 4.31. The van der Waals surface area contributed by atoms with Gasteiger partial charge >= 0.3 is 0 Å². The number of aromatic nitrogens is 3. The summed E-state index contributed by atoms with van der Waals surface area (Å²) in [5, 5.41) is 0. The molecule has 0 amide bonds. The quantitative estimate of drug-likeness (QED) is 0.583. The first-order valence-corrected chi connectivity index (χ1v) is 1.55. The molecule has 0 radical (unpaired) electrons. The van der Waals surface area contributed by atoms with Crippen molar-refractivity contribution in [3.05, 3.63) is 19.0 Å². The number of rotatable bonds is 0. The summed E-state index contributed by atoms with van der Waals surface area (Å²) in [7, 11) is 0. The maximum absolute atomic E-state index is 3.56. The summed E-state index contributed by atoms with van der Waals surface area (Å²) >= 11 is 0. The highest BCUT2D eigenvalue weighted by Gasteiger charge is 1.59. The summed E-state index contributed by atoms with van der Waals surface area (Å²) in [5.74, 6) is 0. The minimum atomic E-state index is 0. The van der Waals surface area contributed by atoms with E-state index in [-0.39, 0.29) is 24.0 Å². The first-order chi connectivity index (χ1) is 3.00. The second kappa shape index (κ2) is 3.91. The van der Waals surface area contributed by atoms with Crippen molar-refractivity contribution in [2.24, 2.45) is 0 Å². The molecule has 0 aliphatic heterocycles. The van der Waals surface area contributed by atoms with Gasteiger partial charge in [-0.1, -0.05) is 0 Å². The second-order valence-corrected chi connectivity index (χ2v) is 0.794. The van der Waals surface area contributed by atoms with Crippen LogP contribution in [0.4, 0.5) is 0 Å². The zero-order valence-corrected chi connectivity index (χ0v) is 5.81. The molecule has 38 valence electrons. The maximum atomic E-state index is 3.56. The van der Waals surface area contributed by atoms with Gasteiger partial charge in [0.25, 0.3) is 0 Å². The Morgan fingerprint density at radius 3 is 1.14 bits per heavy atom. The third-order valence-electron chi connectivity index (χ3n) is 0.400. The van der Waals surface area contributed by atoms with Crippen LogP contribution >= 0.6 is 24.0 Å². The molecule has 1 heterocycles. The van der Waals surface area contributed by atoms with Crippen molar-refractivity contribution >= 4 is 24.0 Å². The standard InChI is InChI=1S/C3H3N3.HI/c1-4-2-6-3-5-1;/h1-3H;1H. The first-order valence-electron chi connectivity index (χ1n) is 1.55. The summed E-state index contributed by atoms with van der Waals surface area (Å²) in [6.45, 7) is 0. The zero-order chi connectivity index (χ0) is 4.24. The predicted octanol–water partition coefficient (Wildman–Crippen LogP) is 0.490. The SMILES string of the molecule is I.c1ncncn1. The van der Waals surface area contributed by atoms with Gasteiger partial charge in [0.1, 0.15) is 19.0 Å². The molecule has 0 aliphatic rings. The Hall–Kier alpha value is -0.260. The van der Waals surface area contributed by atoms with Gasteiger partial charge in [0, 0.05) is 0 Å². The molecule has 0 atom stereocenters. The monoisotopic (exact) mass is 209 g/mol. The summed E-state index contributed by atoms with van der Waals surface area (Å²) in [4.78, 5) is 10.7. The summed E-state index contributed by atoms with van der Waals surface area (Å²) in [5.41, 5.74) is 0. The molecule has 0 fully saturated rings. The van der Waals surface area contributed by atoms with Gasteiger partial charge < -0.3 is 0 Å². The third kappa shape index (κ3) is 2.44. The molecule has 0 saturated carbocycles. The summed E-state index contributed by atoms with van der Waals surface area (Å²) in [6, 6.07) is 0. The fourth-order valence-corrected chi connectivity index (χ4v) is 0.205. The van der Waals surface area contributed by atoms with Crippen molar-refractivity contribution in [2.75, 3.05) is 0 Å². The zero-order valence-electron chi connectivity index (χ0n) is 3.48. The normalized spacial score (nSPS) is 6.86. The first kappa shape index (κ1) is 6.74. The smallest absolute Gasteiger partial charge is 0.119 e. The van der Waals surface area contributed by atoms with Crippen LogP contribution in [0.25, 0.3) is 0 Å². The van der Waals surface area contributed by atoms with E-state index >= 15 is 0 Å². The Morgan fingerprint density at radius 2 is 1.00 bits per heavy atom. The van der Waals surface area contributed by atoms with E-state index in [0.29, 0.717) is 0 Å². The molecular formula is C3H4IN3. The molecule has 4 heteroatoms. The van der Waals surface area contributed by atoms with Crippen molar-refractivity contribution in [2.45, 2.75) is 0 Å². The van der Waals surface area contributed by atoms with Crippen LogP contribution in [-0.2, 0) is 0 Å². The molecule has 0 spiro atoms. The van der Waals surface area contributed by atoms with Gasteiger partial charge in [-0.3, -0.25) is 0 Å². The molecule has 0 aliphatic carbocycles. The average molecular weight is 209 g/mol. The molecular weight excluding hydrogens is 205 g/mol. The van der Waals surface area contributed by atoms with E-state index in [1.54, 1.807) is 0 Å². The second-order valence-electron chi connectivity index (χ2n) is 0.794. The molecule has 0 bridgehead atoms. The van der Waals surface area contributed by atoms with Crippen LogP contribution in [0.15, 0.2) is 19.0 Å². The van der Waals surface area contributed by atoms with Gasteiger partial charge in [-0.2, -0.15) is 0 Å². The molecule has 0 unspecified atom stereocenters. The Labute approximate surface area is 58.2 Å². The Kier molecular flexibility index (Phi) is 3.77. The van der Waals surface area contributed by atoms with Crippen LogP contribution < -0.4 is 0 Å². The fraction of sp³-hybridized carbons (Fsp3) is 0. The molecule has 0 N–H and O–H groups in total. The van der Waals surface area contributed by atoms with Crippen molar-refractivity contribution < 1.29 is 0 Å². The van der Waals surface area contributed by atoms with E-state index in [0.717, 1.165) is 0 Å². The highest BCUT2D eigenvalue weighted by Crippen LogP contribution is 1.57. The molecule has 0 saturated heterocycles. The minimum absolute atomic E-state index is 0. The van der Waals surface area contributed by atoms with Gasteiger partial charge in [0.15, 0.2) is 0 Å². The summed E-state index contributed by atoms with van der Waals surface area (Å²) < 4.78 is 0. The molecule has 1 rings (SSSR count). The molecule has 1 aromatic rings. The Balaban J connectivity index is 0.000000360. The van der Waals surface area contributed by atoms with Gasteiger partial charge in [-0.15, -0.1) is 24.0 Å². The Morgan fingerprint density at radius 1 is 0.714 bits per heavy atom. The van der Waals surface area contributed by atoms with E-state index in [9.17, 15) is 0 Å². The van der Waals surface area contributed by atoms with E-state index in [4.69, 9.17) is 0 Å². The van der Waals surface area contributed by atoms with Crippen molar-refractivity contribution in [1.82, 2.24) is 15.0 Å². The molecule has 1 aromatic heterocycles. The Bertz CT molecular complexity index is 82.1. The lowest BCUT2D eigenvalue weighted by atomic mass is 11.1. The van der Waals surface area contributed by atoms with Crippen LogP contribution in [0.2, 0.25) is 0 Å². The lowest BCUT2D eigenvalue weighted by Gasteiger charge is -1.69. The van der Waals surface area contributed by atoms with E-state index in [1.807, 2.05) is 0 Å². The predicted molar refractivity (Wildman–Crippen MR) is 35.2 cm³/mol. The number of hydrogen-bond acceptors (Lipinski definition) is 3. The van der Waals surface area contributed by atoms with Crippen molar-refractivity contribution in [1.29, 1.82) is 0 Å². The van der Waals surface area contributed by atoms with Crippen LogP contribution in [0.5, 0.6) is 0 Å². The fourth-order valence-electron chi connectivity index (χ4n) is 0.205. The van der Waals surface area contributed by atoms with Crippen molar-refractivity contribution in [3.8, 4) is 0 Å². The van der Waals surface area contributed by atoms with Crippen LogP contribution in [-0.4, -0.2) is 15.0 Å². The maximum Gasteiger partial charge on any atom is 0.119 e. The van der Waals surface area contributed by atoms with Gasteiger partial charge in [-0.05, 0) is 0 Å². The number of halogens is 1. The minimum Gasteiger partial charge on any atom is -0.225 e. The lowest BCUT2D eigenvalue weighted by molar-refractivity contribution is 1.05. The van der Waals surface area contributed by atoms with Crippen molar-refractivity contribution in [3.63, 3.8) is 0 Å². The lowest BCUT2D eigenvalue weighted by Crippen LogP contribution is -1.73. The van der Waals surface area contributed by atoms with Crippen LogP contribution in [0.3, 0.4) is 0 Å². The van der Waals surface area contributed by atoms with Gasteiger partial charge in [0.05, 0.1) is 0 Å². The topological polar surface area (TPSA) is 38.7 Å². The highest BCUT2D eigenvalue weighted by atomic mass is 127. The number of hydrogen-bond donors (Lipinski definition) is 0. The largest absolute Gasteiger partial charge is 0.225 e. The molecule has 0 aromatic carbocycles. The van der Waals surface area contributed by atoms with E-state index in [2.05, 4.69) is 15.0 Å². The highest BCUT2D eigenvalue weighted by molar-refractivity contribution is 14.0. The van der Waals surface area contributed by atoms with Gasteiger partial charge in [-0.25, -0.2) is 15.0 Å². The van der Waals surface area contributed by atoms with Crippen LogP contribution in [0, 0.1) is 0 Å². The average Bonchev–Trinajstić information content (AvgIpc) is 1.72. The van der Waals surface area contributed by atoms with Gasteiger partial charge in [0.2, 0.25) is 0 Å².